The van der Waals surface area contributed by atoms with Crippen molar-refractivity contribution in [3.63, 3.8) is 0 Å². The predicted molar refractivity (Wildman–Crippen MR) is 123 cm³/mol. The van der Waals surface area contributed by atoms with E-state index in [1.165, 1.54) is 82.6 Å². The third-order valence-electron chi connectivity index (χ3n) is 5.38. The van der Waals surface area contributed by atoms with E-state index in [-0.39, 0.29) is 0 Å². The van der Waals surface area contributed by atoms with Gasteiger partial charge < -0.3 is 9.47 Å². The Morgan fingerprint density at radius 2 is 0.893 bits per heavy atom. The number of ether oxygens (including phenoxy) is 2. The predicted octanol–water partition coefficient (Wildman–Crippen LogP) is 8.51. The fourth-order valence-electron chi connectivity index (χ4n) is 3.50. The van der Waals surface area contributed by atoms with E-state index >= 15 is 0 Å². The highest BCUT2D eigenvalue weighted by molar-refractivity contribution is 5.38. The molecule has 1 aromatic rings. The molecule has 0 heterocycles. The molecule has 0 N–H and O–H groups in total. The van der Waals surface area contributed by atoms with Crippen molar-refractivity contribution in [3.8, 4) is 11.5 Å². The Kier molecular flexibility index (Phi) is 15.9. The molecule has 0 aliphatic carbocycles. The summed E-state index contributed by atoms with van der Waals surface area (Å²) in [5, 5.41) is 0. The Hall–Kier alpha value is -1.18. The molecule has 2 nitrogen and oxygen atoms in total. The van der Waals surface area contributed by atoms with Gasteiger partial charge in [-0.25, -0.2) is 0 Å². The van der Waals surface area contributed by atoms with Gasteiger partial charge in [-0.1, -0.05) is 97.8 Å². The van der Waals surface area contributed by atoms with Crippen LogP contribution in [0.25, 0.3) is 0 Å². The summed E-state index contributed by atoms with van der Waals surface area (Å²) < 4.78 is 12.0. The molecule has 0 aromatic heterocycles. The van der Waals surface area contributed by atoms with Gasteiger partial charge in [-0.2, -0.15) is 0 Å². The first-order chi connectivity index (χ1) is 13.8. The highest BCUT2D eigenvalue weighted by Crippen LogP contribution is 2.24. The lowest BCUT2D eigenvalue weighted by Gasteiger charge is -2.12. The Morgan fingerprint density at radius 1 is 0.500 bits per heavy atom. The van der Waals surface area contributed by atoms with Crippen molar-refractivity contribution in [2.45, 2.75) is 117 Å². The van der Waals surface area contributed by atoms with Crippen LogP contribution in [0.1, 0.15) is 116 Å². The maximum atomic E-state index is 6.02. The normalized spacial score (nSPS) is 11.0. The Balaban J connectivity index is 2.22. The van der Waals surface area contributed by atoms with Gasteiger partial charge in [0, 0.05) is 6.07 Å². The fraction of sp³-hybridized carbons (Fsp3) is 0.769. The molecule has 0 spiro atoms. The molecule has 28 heavy (non-hydrogen) atoms. The van der Waals surface area contributed by atoms with Crippen molar-refractivity contribution in [1.29, 1.82) is 0 Å². The summed E-state index contributed by atoms with van der Waals surface area (Å²) in [4.78, 5) is 0. The van der Waals surface area contributed by atoms with Crippen molar-refractivity contribution in [3.05, 3.63) is 23.8 Å². The van der Waals surface area contributed by atoms with Gasteiger partial charge >= 0.3 is 0 Å². The van der Waals surface area contributed by atoms with Gasteiger partial charge in [-0.05, 0) is 37.0 Å². The van der Waals surface area contributed by atoms with Gasteiger partial charge in [0.25, 0.3) is 0 Å². The van der Waals surface area contributed by atoms with Crippen molar-refractivity contribution < 1.29 is 9.47 Å². The first kappa shape index (κ1) is 24.9. The summed E-state index contributed by atoms with van der Waals surface area (Å²) >= 11 is 0. The maximum absolute atomic E-state index is 6.02. The molecule has 0 radical (unpaired) electrons. The largest absolute Gasteiger partial charge is 0.493 e. The number of aryl methyl sites for hydroxylation is 1. The summed E-state index contributed by atoms with van der Waals surface area (Å²) in [5.74, 6) is 1.94. The van der Waals surface area contributed by atoms with Crippen molar-refractivity contribution in [1.82, 2.24) is 0 Å². The zero-order valence-electron chi connectivity index (χ0n) is 19.1. The molecule has 0 amide bonds. The third kappa shape index (κ3) is 13.1. The molecular weight excluding hydrogens is 344 g/mol. The van der Waals surface area contributed by atoms with Crippen LogP contribution in [0.5, 0.6) is 11.5 Å². The fourth-order valence-corrected chi connectivity index (χ4v) is 3.50. The summed E-state index contributed by atoms with van der Waals surface area (Å²) in [6, 6.07) is 6.41. The monoisotopic (exact) mass is 390 g/mol. The quantitative estimate of drug-likeness (QED) is 0.220. The Labute approximate surface area is 175 Å². The molecule has 0 aliphatic heterocycles. The maximum Gasteiger partial charge on any atom is 0.123 e. The Bertz CT molecular complexity index is 431. The first-order valence-corrected chi connectivity index (χ1v) is 12.2. The highest BCUT2D eigenvalue weighted by Gasteiger charge is 2.03. The molecule has 0 atom stereocenters. The van der Waals surface area contributed by atoms with Crippen molar-refractivity contribution in [2.24, 2.45) is 0 Å². The van der Waals surface area contributed by atoms with E-state index in [1.807, 2.05) is 0 Å². The van der Waals surface area contributed by atoms with E-state index in [0.29, 0.717) is 0 Å². The molecule has 0 bridgehead atoms. The van der Waals surface area contributed by atoms with E-state index < -0.39 is 0 Å². The number of benzene rings is 1. The van der Waals surface area contributed by atoms with Gasteiger partial charge in [0.15, 0.2) is 0 Å². The Morgan fingerprint density at radius 3 is 1.29 bits per heavy atom. The van der Waals surface area contributed by atoms with Crippen LogP contribution in [-0.4, -0.2) is 13.2 Å². The standard InChI is InChI=1S/C26H46O2/c1-4-7-9-11-13-15-17-19-27-25-21-24(6-3)22-26(23-25)28-20-18-16-14-12-10-8-5-2/h21-23H,4-20H2,1-3H3. The summed E-state index contributed by atoms with van der Waals surface area (Å²) in [6.45, 7) is 8.36. The molecule has 162 valence electrons. The zero-order chi connectivity index (χ0) is 20.3. The van der Waals surface area contributed by atoms with Crippen LogP contribution in [0, 0.1) is 0 Å². The van der Waals surface area contributed by atoms with Gasteiger partial charge in [0.05, 0.1) is 13.2 Å². The minimum absolute atomic E-state index is 0.818. The lowest BCUT2D eigenvalue weighted by molar-refractivity contribution is 0.289. The average molecular weight is 391 g/mol. The summed E-state index contributed by atoms with van der Waals surface area (Å²) in [7, 11) is 0. The van der Waals surface area contributed by atoms with Crippen LogP contribution in [-0.2, 0) is 6.42 Å². The molecule has 1 rings (SSSR count). The molecule has 2 heteroatoms. The second-order valence-corrected chi connectivity index (χ2v) is 8.11. The molecule has 0 saturated carbocycles. The van der Waals surface area contributed by atoms with Crippen LogP contribution in [0.15, 0.2) is 18.2 Å². The van der Waals surface area contributed by atoms with Crippen LogP contribution >= 0.6 is 0 Å². The van der Waals surface area contributed by atoms with E-state index in [2.05, 4.69) is 39.0 Å². The molecule has 0 saturated heterocycles. The SMILES string of the molecule is CCCCCCCCCOc1cc(CC)cc(OCCCCCCCCC)c1. The van der Waals surface area contributed by atoms with Gasteiger partial charge in [0.2, 0.25) is 0 Å². The van der Waals surface area contributed by atoms with Gasteiger partial charge in [-0.15, -0.1) is 0 Å². The molecule has 0 aliphatic rings. The molecular formula is C26H46O2. The van der Waals surface area contributed by atoms with Crippen LogP contribution in [0.3, 0.4) is 0 Å². The van der Waals surface area contributed by atoms with Gasteiger partial charge in [0.1, 0.15) is 11.5 Å². The number of rotatable bonds is 19. The molecule has 1 aromatic carbocycles. The van der Waals surface area contributed by atoms with Crippen LogP contribution in [0.4, 0.5) is 0 Å². The smallest absolute Gasteiger partial charge is 0.123 e. The number of hydrogen-bond donors (Lipinski definition) is 0. The number of unbranched alkanes of at least 4 members (excludes halogenated alkanes) is 12. The van der Waals surface area contributed by atoms with E-state index in [9.17, 15) is 0 Å². The molecule has 0 unspecified atom stereocenters. The highest BCUT2D eigenvalue weighted by atomic mass is 16.5. The minimum Gasteiger partial charge on any atom is -0.493 e. The van der Waals surface area contributed by atoms with Gasteiger partial charge in [-0.3, -0.25) is 0 Å². The first-order valence-electron chi connectivity index (χ1n) is 12.2. The molecule has 0 fully saturated rings. The van der Waals surface area contributed by atoms with E-state index in [0.717, 1.165) is 44.0 Å². The third-order valence-corrected chi connectivity index (χ3v) is 5.38. The van der Waals surface area contributed by atoms with E-state index in [4.69, 9.17) is 9.47 Å². The average Bonchev–Trinajstić information content (AvgIpc) is 2.71. The lowest BCUT2D eigenvalue weighted by Crippen LogP contribution is -2.01. The number of hydrogen-bond acceptors (Lipinski definition) is 2. The zero-order valence-corrected chi connectivity index (χ0v) is 19.1. The topological polar surface area (TPSA) is 18.5 Å². The van der Waals surface area contributed by atoms with Crippen molar-refractivity contribution >= 4 is 0 Å². The van der Waals surface area contributed by atoms with Crippen LogP contribution < -0.4 is 9.47 Å². The summed E-state index contributed by atoms with van der Waals surface area (Å²) in [5.41, 5.74) is 1.30. The minimum atomic E-state index is 0.818. The second kappa shape index (κ2) is 17.9. The second-order valence-electron chi connectivity index (χ2n) is 8.11. The van der Waals surface area contributed by atoms with Crippen molar-refractivity contribution in [2.75, 3.05) is 13.2 Å². The van der Waals surface area contributed by atoms with E-state index in [1.54, 1.807) is 0 Å². The summed E-state index contributed by atoms with van der Waals surface area (Å²) in [6.07, 6.45) is 19.4. The van der Waals surface area contributed by atoms with Crippen LogP contribution in [0.2, 0.25) is 0 Å². The lowest BCUT2D eigenvalue weighted by atomic mass is 10.1.